The maximum absolute atomic E-state index is 11.8. The number of benzene rings is 1. The summed E-state index contributed by atoms with van der Waals surface area (Å²) in [5, 5.41) is 0. The van der Waals surface area contributed by atoms with E-state index in [1.165, 1.54) is 12.8 Å². The van der Waals surface area contributed by atoms with Crippen LogP contribution in [0.1, 0.15) is 32.1 Å². The second kappa shape index (κ2) is 5.33. The molecule has 3 rings (SSSR count). The summed E-state index contributed by atoms with van der Waals surface area (Å²) in [6, 6.07) is 9.74. The second-order valence-corrected chi connectivity index (χ2v) is 5.51. The van der Waals surface area contributed by atoms with Gasteiger partial charge in [-0.2, -0.15) is 0 Å². The molecule has 2 saturated carbocycles. The van der Waals surface area contributed by atoms with Gasteiger partial charge in [0.1, 0.15) is 18.1 Å². The zero-order valence-corrected chi connectivity index (χ0v) is 11.1. The third-order valence-corrected chi connectivity index (χ3v) is 4.45. The first-order valence-corrected chi connectivity index (χ1v) is 7.14. The number of carbonyl (C=O) groups excluding carboxylic acids is 1. The van der Waals surface area contributed by atoms with Crippen molar-refractivity contribution in [1.29, 1.82) is 0 Å². The van der Waals surface area contributed by atoms with Gasteiger partial charge in [0.15, 0.2) is 0 Å². The quantitative estimate of drug-likeness (QED) is 0.763. The number of ketones is 1. The molecule has 0 heterocycles. The van der Waals surface area contributed by atoms with Gasteiger partial charge in [-0.15, -0.1) is 0 Å². The fourth-order valence-electron chi connectivity index (χ4n) is 3.31. The van der Waals surface area contributed by atoms with E-state index in [0.717, 1.165) is 18.6 Å². The van der Waals surface area contributed by atoms with Crippen LogP contribution in [0.3, 0.4) is 0 Å². The summed E-state index contributed by atoms with van der Waals surface area (Å²) in [6.07, 6.45) is 5.14. The van der Waals surface area contributed by atoms with Crippen LogP contribution in [0.15, 0.2) is 30.3 Å². The van der Waals surface area contributed by atoms with Crippen molar-refractivity contribution in [2.45, 2.75) is 38.2 Å². The molecule has 3 nitrogen and oxygen atoms in total. The molecule has 3 heteroatoms. The number of para-hydroxylation sites is 1. The summed E-state index contributed by atoms with van der Waals surface area (Å²) in [7, 11) is 0. The molecule has 1 unspecified atom stereocenters. The molecule has 0 aliphatic heterocycles. The van der Waals surface area contributed by atoms with Gasteiger partial charge in [-0.05, 0) is 25.0 Å². The number of hydrogen-bond acceptors (Lipinski definition) is 3. The second-order valence-electron chi connectivity index (χ2n) is 5.51. The molecule has 2 fully saturated rings. The van der Waals surface area contributed by atoms with E-state index in [1.54, 1.807) is 0 Å². The van der Waals surface area contributed by atoms with Gasteiger partial charge < -0.3 is 9.47 Å². The molecule has 0 N–H and O–H groups in total. The van der Waals surface area contributed by atoms with Gasteiger partial charge in [-0.1, -0.05) is 31.0 Å². The van der Waals surface area contributed by atoms with Gasteiger partial charge in [-0.3, -0.25) is 4.79 Å². The molecular weight excluding hydrogens is 240 g/mol. The first-order chi connectivity index (χ1) is 9.31. The molecule has 1 aromatic carbocycles. The lowest BCUT2D eigenvalue weighted by Crippen LogP contribution is -2.53. The minimum atomic E-state index is -0.118. The lowest BCUT2D eigenvalue weighted by Gasteiger charge is -2.44. The van der Waals surface area contributed by atoms with E-state index < -0.39 is 0 Å². The zero-order valence-electron chi connectivity index (χ0n) is 11.1. The Kier molecular flexibility index (Phi) is 3.56. The molecule has 0 aromatic heterocycles. The predicted molar refractivity (Wildman–Crippen MR) is 72.2 cm³/mol. The van der Waals surface area contributed by atoms with Crippen LogP contribution in [-0.2, 0) is 9.53 Å². The maximum Gasteiger partial charge on any atom is 0.144 e. The van der Waals surface area contributed by atoms with Crippen molar-refractivity contribution in [1.82, 2.24) is 0 Å². The summed E-state index contributed by atoms with van der Waals surface area (Å²) in [5.74, 6) is 1.28. The van der Waals surface area contributed by atoms with E-state index in [-0.39, 0.29) is 11.5 Å². The van der Waals surface area contributed by atoms with Crippen LogP contribution in [0.5, 0.6) is 5.75 Å². The predicted octanol–water partition coefficient (Wildman–Crippen LogP) is 2.98. The number of rotatable bonds is 5. The molecule has 102 valence electrons. The molecule has 2 aliphatic carbocycles. The molecule has 0 radical (unpaired) electrons. The highest BCUT2D eigenvalue weighted by Gasteiger charge is 2.56. The van der Waals surface area contributed by atoms with Gasteiger partial charge in [0.2, 0.25) is 0 Å². The Balaban J connectivity index is 1.42. The minimum Gasteiger partial charge on any atom is -0.491 e. The van der Waals surface area contributed by atoms with E-state index >= 15 is 0 Å². The summed E-state index contributed by atoms with van der Waals surface area (Å²) < 4.78 is 11.5. The molecule has 1 aromatic rings. The van der Waals surface area contributed by atoms with E-state index in [9.17, 15) is 4.79 Å². The largest absolute Gasteiger partial charge is 0.491 e. The fraction of sp³-hybridized carbons (Fsp3) is 0.562. The van der Waals surface area contributed by atoms with E-state index in [1.807, 2.05) is 30.3 Å². The summed E-state index contributed by atoms with van der Waals surface area (Å²) in [5.41, 5.74) is -0.118. The first-order valence-electron chi connectivity index (χ1n) is 7.14. The van der Waals surface area contributed by atoms with Crippen LogP contribution in [0.25, 0.3) is 0 Å². The molecule has 1 spiro atoms. The average Bonchev–Trinajstić information content (AvgIpc) is 2.96. The van der Waals surface area contributed by atoms with Gasteiger partial charge in [0.05, 0.1) is 18.1 Å². The van der Waals surface area contributed by atoms with Crippen LogP contribution in [0.4, 0.5) is 0 Å². The summed E-state index contributed by atoms with van der Waals surface area (Å²) >= 11 is 0. The Labute approximate surface area is 113 Å². The van der Waals surface area contributed by atoms with Crippen LogP contribution in [0.2, 0.25) is 0 Å². The molecule has 0 bridgehead atoms. The SMILES string of the molecule is O=C1CC(OCCOc2ccccc2)C12CCCC2. The molecule has 1 atom stereocenters. The van der Waals surface area contributed by atoms with Crippen molar-refractivity contribution >= 4 is 5.78 Å². The van der Waals surface area contributed by atoms with Gasteiger partial charge in [-0.25, -0.2) is 0 Å². The number of carbonyl (C=O) groups is 1. The maximum atomic E-state index is 11.8. The number of hydrogen-bond donors (Lipinski definition) is 0. The Bertz CT molecular complexity index is 435. The third-order valence-electron chi connectivity index (χ3n) is 4.45. The molecule has 2 aliphatic rings. The Hall–Kier alpha value is -1.35. The highest BCUT2D eigenvalue weighted by molar-refractivity contribution is 5.92. The lowest BCUT2D eigenvalue weighted by molar-refractivity contribution is -0.163. The van der Waals surface area contributed by atoms with E-state index in [4.69, 9.17) is 9.47 Å². The van der Waals surface area contributed by atoms with Gasteiger partial charge in [0.25, 0.3) is 0 Å². The molecule has 19 heavy (non-hydrogen) atoms. The van der Waals surface area contributed by atoms with E-state index in [0.29, 0.717) is 25.4 Å². The van der Waals surface area contributed by atoms with Crippen LogP contribution in [-0.4, -0.2) is 25.1 Å². The number of Topliss-reactive ketones (excluding diaryl/α,β-unsaturated/α-hetero) is 1. The normalized spacial score (nSPS) is 24.4. The standard InChI is InChI=1S/C16H20O3/c17-14-12-15(16(14)8-4-5-9-16)19-11-10-18-13-6-2-1-3-7-13/h1-3,6-7,15H,4-5,8-12H2. The fourth-order valence-corrected chi connectivity index (χ4v) is 3.31. The average molecular weight is 260 g/mol. The zero-order chi connectivity index (χ0) is 13.1. The molecular formula is C16H20O3. The van der Waals surface area contributed by atoms with Crippen molar-refractivity contribution in [3.05, 3.63) is 30.3 Å². The molecule has 0 amide bonds. The highest BCUT2D eigenvalue weighted by Crippen LogP contribution is 2.51. The van der Waals surface area contributed by atoms with Crippen molar-refractivity contribution < 1.29 is 14.3 Å². The van der Waals surface area contributed by atoms with Crippen LogP contribution in [0, 0.1) is 5.41 Å². The minimum absolute atomic E-state index is 0.118. The lowest BCUT2D eigenvalue weighted by atomic mass is 9.63. The van der Waals surface area contributed by atoms with Crippen molar-refractivity contribution in [2.24, 2.45) is 5.41 Å². The van der Waals surface area contributed by atoms with Crippen molar-refractivity contribution in [3.63, 3.8) is 0 Å². The Morgan fingerprint density at radius 2 is 1.84 bits per heavy atom. The van der Waals surface area contributed by atoms with Gasteiger partial charge in [0, 0.05) is 6.42 Å². The van der Waals surface area contributed by atoms with Crippen LogP contribution >= 0.6 is 0 Å². The van der Waals surface area contributed by atoms with Gasteiger partial charge >= 0.3 is 0 Å². The van der Waals surface area contributed by atoms with E-state index in [2.05, 4.69) is 0 Å². The summed E-state index contributed by atoms with van der Waals surface area (Å²) in [6.45, 7) is 1.11. The monoisotopic (exact) mass is 260 g/mol. The van der Waals surface area contributed by atoms with Crippen molar-refractivity contribution in [2.75, 3.05) is 13.2 Å². The topological polar surface area (TPSA) is 35.5 Å². The number of ether oxygens (including phenoxy) is 2. The van der Waals surface area contributed by atoms with Crippen molar-refractivity contribution in [3.8, 4) is 5.75 Å². The Morgan fingerprint density at radius 3 is 2.53 bits per heavy atom. The summed E-state index contributed by atoms with van der Waals surface area (Å²) in [4.78, 5) is 11.8. The Morgan fingerprint density at radius 1 is 1.11 bits per heavy atom. The molecule has 0 saturated heterocycles. The smallest absolute Gasteiger partial charge is 0.144 e. The highest BCUT2D eigenvalue weighted by atomic mass is 16.5. The third kappa shape index (κ3) is 2.39. The van der Waals surface area contributed by atoms with Crippen LogP contribution < -0.4 is 4.74 Å². The first kappa shape index (κ1) is 12.7.